The first kappa shape index (κ1) is 11.6. The molecule has 0 radical (unpaired) electrons. The van der Waals surface area contributed by atoms with E-state index in [0.717, 1.165) is 12.1 Å². The number of nitrogens with zero attached hydrogens (tertiary/aromatic N) is 1. The molecule has 1 aliphatic carbocycles. The molecular weight excluding hydrogens is 214 g/mol. The lowest BCUT2D eigenvalue weighted by atomic mass is 10.1. The van der Waals surface area contributed by atoms with E-state index >= 15 is 0 Å². The van der Waals surface area contributed by atoms with Gasteiger partial charge in [-0.2, -0.15) is 5.10 Å². The quantitative estimate of drug-likeness (QED) is 0.607. The molecule has 4 heteroatoms. The molecule has 1 saturated carbocycles. The average Bonchev–Trinajstić information content (AvgIpc) is 3.17. The highest BCUT2D eigenvalue weighted by Crippen LogP contribution is 2.48. The summed E-state index contributed by atoms with van der Waals surface area (Å²) >= 11 is 0. The lowest BCUT2D eigenvalue weighted by Gasteiger charge is -2.02. The summed E-state index contributed by atoms with van der Waals surface area (Å²) in [5.41, 5.74) is 4.81. The Labute approximate surface area is 101 Å². The third-order valence-electron chi connectivity index (χ3n) is 3.12. The number of benzene rings is 1. The Hall–Kier alpha value is -1.84. The predicted molar refractivity (Wildman–Crippen MR) is 68.0 cm³/mol. The van der Waals surface area contributed by atoms with E-state index in [9.17, 15) is 4.79 Å². The molecule has 17 heavy (non-hydrogen) atoms. The zero-order chi connectivity index (χ0) is 12.3. The van der Waals surface area contributed by atoms with Crippen LogP contribution in [0.25, 0.3) is 0 Å². The first-order chi connectivity index (χ1) is 8.22. The van der Waals surface area contributed by atoms with Crippen LogP contribution in [0, 0.1) is 5.92 Å². The Balaban J connectivity index is 1.92. The molecule has 1 aromatic rings. The molecule has 1 aliphatic rings. The maximum absolute atomic E-state index is 11.0. The summed E-state index contributed by atoms with van der Waals surface area (Å²) < 4.78 is 0. The fourth-order valence-electron chi connectivity index (χ4n) is 2.00. The van der Waals surface area contributed by atoms with Crippen molar-refractivity contribution in [1.82, 2.24) is 10.7 Å². The third-order valence-corrected chi connectivity index (χ3v) is 3.12. The number of hydrogen-bond donors (Lipinski definition) is 2. The lowest BCUT2D eigenvalue weighted by Crippen LogP contribution is -2.29. The van der Waals surface area contributed by atoms with Crippen molar-refractivity contribution in [3.63, 3.8) is 0 Å². The zero-order valence-electron chi connectivity index (χ0n) is 10.1. The van der Waals surface area contributed by atoms with Crippen LogP contribution in [0.4, 0.5) is 4.79 Å². The normalized spacial score (nSPS) is 23.1. The van der Waals surface area contributed by atoms with Crippen LogP contribution in [0.3, 0.4) is 0 Å². The number of urea groups is 1. The van der Waals surface area contributed by atoms with E-state index < -0.39 is 0 Å². The van der Waals surface area contributed by atoms with E-state index in [1.54, 1.807) is 7.05 Å². The van der Waals surface area contributed by atoms with Gasteiger partial charge in [-0.15, -0.1) is 0 Å². The summed E-state index contributed by atoms with van der Waals surface area (Å²) in [6.07, 6.45) is 1.12. The molecule has 2 unspecified atom stereocenters. The Bertz CT molecular complexity index is 428. The topological polar surface area (TPSA) is 53.5 Å². The Morgan fingerprint density at radius 3 is 2.71 bits per heavy atom. The standard InChI is InChI=1S/C13H17N3O/c1-9(15-16-13(17)14-2)11-8-12(11)10-6-4-3-5-7-10/h3-7,11-12H,8H2,1-2H3,(H2,14,16,17)/b15-9+. The average molecular weight is 231 g/mol. The van der Waals surface area contributed by atoms with E-state index in [4.69, 9.17) is 0 Å². The van der Waals surface area contributed by atoms with Crippen molar-refractivity contribution in [2.24, 2.45) is 11.0 Å². The van der Waals surface area contributed by atoms with Gasteiger partial charge in [0.15, 0.2) is 0 Å². The lowest BCUT2D eigenvalue weighted by molar-refractivity contribution is 0.243. The van der Waals surface area contributed by atoms with Crippen molar-refractivity contribution in [2.45, 2.75) is 19.3 Å². The zero-order valence-corrected chi connectivity index (χ0v) is 10.1. The fraction of sp³-hybridized carbons (Fsp3) is 0.385. The van der Waals surface area contributed by atoms with E-state index in [0.29, 0.717) is 11.8 Å². The van der Waals surface area contributed by atoms with Crippen molar-refractivity contribution in [3.8, 4) is 0 Å². The van der Waals surface area contributed by atoms with Crippen molar-refractivity contribution in [3.05, 3.63) is 35.9 Å². The number of nitrogens with one attached hydrogen (secondary N) is 2. The van der Waals surface area contributed by atoms with Gasteiger partial charge in [0.05, 0.1) is 0 Å². The molecule has 2 atom stereocenters. The maximum atomic E-state index is 11.0. The molecule has 0 saturated heterocycles. The van der Waals surface area contributed by atoms with Crippen molar-refractivity contribution >= 4 is 11.7 Å². The Kier molecular flexibility index (Phi) is 3.42. The van der Waals surface area contributed by atoms with E-state index in [1.165, 1.54) is 5.56 Å². The van der Waals surface area contributed by atoms with Crippen molar-refractivity contribution in [2.75, 3.05) is 7.05 Å². The van der Waals surface area contributed by atoms with Crippen molar-refractivity contribution < 1.29 is 4.79 Å². The minimum atomic E-state index is -0.277. The molecule has 0 aliphatic heterocycles. The predicted octanol–water partition coefficient (Wildman–Crippen LogP) is 2.09. The molecule has 1 aromatic carbocycles. The van der Waals surface area contributed by atoms with Crippen LogP contribution in [-0.2, 0) is 0 Å². The van der Waals surface area contributed by atoms with Gasteiger partial charge in [0, 0.05) is 18.7 Å². The minimum Gasteiger partial charge on any atom is -0.340 e. The molecule has 4 nitrogen and oxygen atoms in total. The largest absolute Gasteiger partial charge is 0.340 e. The van der Waals surface area contributed by atoms with Crippen LogP contribution in [0.5, 0.6) is 0 Å². The molecule has 0 aromatic heterocycles. The number of amides is 2. The summed E-state index contributed by atoms with van der Waals surface area (Å²) in [7, 11) is 1.57. The molecule has 0 heterocycles. The van der Waals surface area contributed by atoms with Crippen LogP contribution < -0.4 is 10.7 Å². The second-order valence-corrected chi connectivity index (χ2v) is 4.30. The van der Waals surface area contributed by atoms with Crippen LogP contribution in [-0.4, -0.2) is 18.8 Å². The van der Waals surface area contributed by atoms with Gasteiger partial charge in [0.2, 0.25) is 0 Å². The second-order valence-electron chi connectivity index (χ2n) is 4.30. The summed E-state index contributed by atoms with van der Waals surface area (Å²) in [6, 6.07) is 10.1. The summed E-state index contributed by atoms with van der Waals surface area (Å²) in [5, 5.41) is 6.55. The third kappa shape index (κ3) is 2.84. The summed E-state index contributed by atoms with van der Waals surface area (Å²) in [5.74, 6) is 1.03. The highest BCUT2D eigenvalue weighted by Gasteiger charge is 2.40. The van der Waals surface area contributed by atoms with Gasteiger partial charge in [0.25, 0.3) is 0 Å². The molecule has 0 spiro atoms. The highest BCUT2D eigenvalue weighted by atomic mass is 16.2. The van der Waals surface area contributed by atoms with Gasteiger partial charge in [0.1, 0.15) is 0 Å². The number of hydrogen-bond acceptors (Lipinski definition) is 2. The number of hydrazone groups is 1. The minimum absolute atomic E-state index is 0.277. The second kappa shape index (κ2) is 4.99. The highest BCUT2D eigenvalue weighted by molar-refractivity contribution is 5.89. The van der Waals surface area contributed by atoms with Crippen LogP contribution >= 0.6 is 0 Å². The van der Waals surface area contributed by atoms with Crippen LogP contribution in [0.15, 0.2) is 35.4 Å². The van der Waals surface area contributed by atoms with E-state index in [2.05, 4.69) is 40.1 Å². The Morgan fingerprint density at radius 2 is 2.06 bits per heavy atom. The molecule has 2 amide bonds. The Morgan fingerprint density at radius 1 is 1.35 bits per heavy atom. The summed E-state index contributed by atoms with van der Waals surface area (Å²) in [4.78, 5) is 11.0. The summed E-state index contributed by atoms with van der Waals surface area (Å²) in [6.45, 7) is 1.96. The molecule has 1 fully saturated rings. The SMILES string of the molecule is CNC(=O)N/N=C(\C)C1CC1c1ccccc1. The molecular formula is C13H17N3O. The van der Waals surface area contributed by atoms with Gasteiger partial charge in [-0.1, -0.05) is 30.3 Å². The first-order valence-electron chi connectivity index (χ1n) is 5.79. The van der Waals surface area contributed by atoms with Crippen LogP contribution in [0.1, 0.15) is 24.8 Å². The number of carbonyl (C=O) groups excluding carboxylic acids is 1. The van der Waals surface area contributed by atoms with Gasteiger partial charge >= 0.3 is 6.03 Å². The van der Waals surface area contributed by atoms with Gasteiger partial charge in [-0.3, -0.25) is 0 Å². The van der Waals surface area contributed by atoms with Gasteiger partial charge in [-0.25, -0.2) is 10.2 Å². The smallest absolute Gasteiger partial charge is 0.334 e. The van der Waals surface area contributed by atoms with E-state index in [1.807, 2.05) is 13.0 Å². The van der Waals surface area contributed by atoms with E-state index in [-0.39, 0.29) is 6.03 Å². The van der Waals surface area contributed by atoms with Gasteiger partial charge in [-0.05, 0) is 24.8 Å². The molecule has 0 bridgehead atoms. The maximum Gasteiger partial charge on any atom is 0.334 e. The monoisotopic (exact) mass is 231 g/mol. The van der Waals surface area contributed by atoms with Crippen LogP contribution in [0.2, 0.25) is 0 Å². The fourth-order valence-corrected chi connectivity index (χ4v) is 2.00. The molecule has 2 N–H and O–H groups in total. The van der Waals surface area contributed by atoms with Gasteiger partial charge < -0.3 is 5.32 Å². The number of carbonyl (C=O) groups is 1. The number of rotatable bonds is 3. The molecule has 2 rings (SSSR count). The van der Waals surface area contributed by atoms with Crippen molar-refractivity contribution in [1.29, 1.82) is 0 Å². The molecule has 90 valence electrons. The first-order valence-corrected chi connectivity index (χ1v) is 5.79.